The molecule has 0 fully saturated rings. The zero-order chi connectivity index (χ0) is 18.9. The number of nitrogens with one attached hydrogen (secondary N) is 2. The third-order valence-corrected chi connectivity index (χ3v) is 3.75. The summed E-state index contributed by atoms with van der Waals surface area (Å²) >= 11 is 5.93. The summed E-state index contributed by atoms with van der Waals surface area (Å²) in [5.74, 6) is -0.706. The molecule has 2 N–H and O–H groups in total. The fourth-order valence-electron chi connectivity index (χ4n) is 2.10. The molecule has 2 aromatic carbocycles. The van der Waals surface area contributed by atoms with Crippen LogP contribution in [0.15, 0.2) is 60.3 Å². The van der Waals surface area contributed by atoms with Crippen molar-refractivity contribution in [3.63, 3.8) is 0 Å². The van der Waals surface area contributed by atoms with Gasteiger partial charge >= 0.3 is 0 Å². The van der Waals surface area contributed by atoms with Gasteiger partial charge in [0.15, 0.2) is 0 Å². The summed E-state index contributed by atoms with van der Waals surface area (Å²) in [4.78, 5) is 22.4. The first-order chi connectivity index (χ1) is 12.5. The summed E-state index contributed by atoms with van der Waals surface area (Å²) in [5, 5.41) is 25.4. The number of carbonyl (C=O) groups is 1. The van der Waals surface area contributed by atoms with Crippen LogP contribution in [0.1, 0.15) is 5.56 Å². The van der Waals surface area contributed by atoms with Crippen molar-refractivity contribution in [3.8, 4) is 6.07 Å². The molecule has 0 unspecified atom stereocenters. The highest BCUT2D eigenvalue weighted by atomic mass is 35.5. The van der Waals surface area contributed by atoms with Crippen LogP contribution in [0.2, 0.25) is 5.02 Å². The summed E-state index contributed by atoms with van der Waals surface area (Å²) in [6.45, 7) is 0.542. The van der Waals surface area contributed by atoms with E-state index in [9.17, 15) is 14.9 Å². The van der Waals surface area contributed by atoms with Gasteiger partial charge in [0.2, 0.25) is 0 Å². The molecule has 0 saturated heterocycles. The Hall–Kier alpha value is -3.37. The van der Waals surface area contributed by atoms with Gasteiger partial charge in [-0.05, 0) is 18.1 Å². The first kappa shape index (κ1) is 19.0. The summed E-state index contributed by atoms with van der Waals surface area (Å²) < 4.78 is 0. The van der Waals surface area contributed by atoms with Crippen molar-refractivity contribution >= 4 is 28.9 Å². The molecule has 0 aromatic heterocycles. The lowest BCUT2D eigenvalue weighted by Gasteiger charge is -2.07. The normalized spacial score (nSPS) is 10.7. The minimum atomic E-state index is -0.706. The van der Waals surface area contributed by atoms with Gasteiger partial charge in [0, 0.05) is 24.9 Å². The van der Waals surface area contributed by atoms with Crippen molar-refractivity contribution in [2.45, 2.75) is 6.42 Å². The lowest BCUT2D eigenvalue weighted by atomic mass is 10.1. The molecular weight excluding hydrogens is 356 g/mol. The Labute approximate surface area is 155 Å². The number of non-ortho nitro benzene ring substituents is 1. The number of nitro benzene ring substituents is 1. The molecule has 0 saturated carbocycles. The van der Waals surface area contributed by atoms with E-state index in [0.717, 1.165) is 18.1 Å². The van der Waals surface area contributed by atoms with E-state index in [0.29, 0.717) is 6.54 Å². The molecule has 2 aromatic rings. The Morgan fingerprint density at radius 3 is 2.65 bits per heavy atom. The highest BCUT2D eigenvalue weighted by Gasteiger charge is 2.14. The highest BCUT2D eigenvalue weighted by molar-refractivity contribution is 6.34. The molecule has 0 bridgehead atoms. The lowest BCUT2D eigenvalue weighted by Crippen LogP contribution is -2.18. The van der Waals surface area contributed by atoms with Crippen LogP contribution in [0.4, 0.5) is 11.4 Å². The van der Waals surface area contributed by atoms with Gasteiger partial charge in [0.25, 0.3) is 11.6 Å². The maximum atomic E-state index is 12.2. The van der Waals surface area contributed by atoms with Gasteiger partial charge in [-0.25, -0.2) is 0 Å². The Bertz CT molecular complexity index is 876. The number of benzene rings is 2. The molecule has 8 heteroatoms. The largest absolute Gasteiger partial charge is 0.389 e. The number of nitriles is 1. The summed E-state index contributed by atoms with van der Waals surface area (Å²) in [6, 6.07) is 15.2. The Morgan fingerprint density at radius 2 is 2.00 bits per heavy atom. The highest BCUT2D eigenvalue weighted by Crippen LogP contribution is 2.26. The van der Waals surface area contributed by atoms with Gasteiger partial charge in [0.05, 0.1) is 15.6 Å². The molecule has 0 aliphatic heterocycles. The van der Waals surface area contributed by atoms with Crippen molar-refractivity contribution in [1.29, 1.82) is 5.26 Å². The molecule has 26 heavy (non-hydrogen) atoms. The number of halogens is 1. The average Bonchev–Trinajstić information content (AvgIpc) is 2.64. The molecule has 0 atom stereocenters. The summed E-state index contributed by atoms with van der Waals surface area (Å²) in [6.07, 6.45) is 2.04. The van der Waals surface area contributed by atoms with Crippen LogP contribution in [-0.2, 0) is 11.2 Å². The number of amides is 1. The van der Waals surface area contributed by atoms with Gasteiger partial charge in [-0.1, -0.05) is 41.9 Å². The van der Waals surface area contributed by atoms with Crippen molar-refractivity contribution in [1.82, 2.24) is 5.32 Å². The molecule has 0 aliphatic carbocycles. The zero-order valence-electron chi connectivity index (χ0n) is 13.6. The van der Waals surface area contributed by atoms with E-state index in [4.69, 9.17) is 16.9 Å². The average molecular weight is 371 g/mol. The number of rotatable bonds is 7. The monoisotopic (exact) mass is 370 g/mol. The number of nitrogens with zero attached hydrogens (tertiary/aromatic N) is 2. The number of hydrogen-bond acceptors (Lipinski definition) is 5. The van der Waals surface area contributed by atoms with Crippen LogP contribution < -0.4 is 10.6 Å². The SMILES string of the molecule is N#C/C(=C/NCCc1ccccc1)C(=O)Nc1cc([N+](=O)[O-])ccc1Cl. The van der Waals surface area contributed by atoms with E-state index < -0.39 is 10.8 Å². The molecule has 7 nitrogen and oxygen atoms in total. The van der Waals surface area contributed by atoms with E-state index in [1.807, 2.05) is 30.3 Å². The van der Waals surface area contributed by atoms with Gasteiger partial charge in [-0.15, -0.1) is 0 Å². The first-order valence-corrected chi connectivity index (χ1v) is 8.02. The van der Waals surface area contributed by atoms with Crippen LogP contribution in [0, 0.1) is 21.4 Å². The molecule has 2 rings (SSSR count). The molecule has 0 heterocycles. The second kappa shape index (κ2) is 9.20. The van der Waals surface area contributed by atoms with Crippen molar-refractivity contribution in [2.24, 2.45) is 0 Å². The van der Waals surface area contributed by atoms with E-state index in [2.05, 4.69) is 10.6 Å². The van der Waals surface area contributed by atoms with Crippen LogP contribution in [0.25, 0.3) is 0 Å². The molecule has 132 valence electrons. The van der Waals surface area contributed by atoms with Gasteiger partial charge in [-0.3, -0.25) is 14.9 Å². The first-order valence-electron chi connectivity index (χ1n) is 7.64. The van der Waals surface area contributed by atoms with Gasteiger partial charge < -0.3 is 10.6 Å². The standard InChI is InChI=1S/C18H15ClN4O3/c19-16-7-6-15(23(25)26)10-17(16)22-18(24)14(11-20)12-21-9-8-13-4-2-1-3-5-13/h1-7,10,12,21H,8-9H2,(H,22,24)/b14-12-. The van der Waals surface area contributed by atoms with Gasteiger partial charge in [0.1, 0.15) is 11.6 Å². The second-order valence-electron chi connectivity index (χ2n) is 5.23. The Kier molecular flexibility index (Phi) is 6.71. The number of nitro groups is 1. The van der Waals surface area contributed by atoms with Crippen LogP contribution >= 0.6 is 11.6 Å². The zero-order valence-corrected chi connectivity index (χ0v) is 14.4. The van der Waals surface area contributed by atoms with E-state index >= 15 is 0 Å². The third kappa shape index (κ3) is 5.33. The lowest BCUT2D eigenvalue weighted by molar-refractivity contribution is -0.384. The van der Waals surface area contributed by atoms with Gasteiger partial charge in [-0.2, -0.15) is 5.26 Å². The van der Waals surface area contributed by atoms with E-state index in [1.54, 1.807) is 6.07 Å². The minimum Gasteiger partial charge on any atom is -0.389 e. The van der Waals surface area contributed by atoms with Crippen molar-refractivity contribution in [2.75, 3.05) is 11.9 Å². The maximum Gasteiger partial charge on any atom is 0.271 e. The smallest absolute Gasteiger partial charge is 0.271 e. The third-order valence-electron chi connectivity index (χ3n) is 3.42. The molecule has 1 amide bonds. The van der Waals surface area contributed by atoms with E-state index in [-0.39, 0.29) is 22.0 Å². The Morgan fingerprint density at radius 1 is 1.27 bits per heavy atom. The van der Waals surface area contributed by atoms with Crippen molar-refractivity contribution < 1.29 is 9.72 Å². The predicted molar refractivity (Wildman–Crippen MR) is 98.6 cm³/mol. The molecule has 0 radical (unpaired) electrons. The van der Waals surface area contributed by atoms with Crippen LogP contribution in [-0.4, -0.2) is 17.4 Å². The number of anilines is 1. The summed E-state index contributed by atoms with van der Waals surface area (Å²) in [7, 11) is 0. The van der Waals surface area contributed by atoms with Crippen LogP contribution in [0.3, 0.4) is 0 Å². The number of carbonyl (C=O) groups excluding carboxylic acids is 1. The molecular formula is C18H15ClN4O3. The number of hydrogen-bond donors (Lipinski definition) is 2. The second-order valence-corrected chi connectivity index (χ2v) is 5.64. The maximum absolute atomic E-state index is 12.2. The van der Waals surface area contributed by atoms with Crippen molar-refractivity contribution in [3.05, 3.63) is 81.0 Å². The van der Waals surface area contributed by atoms with E-state index in [1.165, 1.54) is 18.3 Å². The fourth-order valence-corrected chi connectivity index (χ4v) is 2.26. The van der Waals surface area contributed by atoms with Crippen LogP contribution in [0.5, 0.6) is 0 Å². The minimum absolute atomic E-state index is 0.0660. The predicted octanol–water partition coefficient (Wildman–Crippen LogP) is 3.43. The Balaban J connectivity index is 1.99. The fraction of sp³-hybridized carbons (Fsp3) is 0.111. The summed E-state index contributed by atoms with van der Waals surface area (Å²) in [5.41, 5.74) is 0.810. The molecule has 0 aliphatic rings. The topological polar surface area (TPSA) is 108 Å². The quantitative estimate of drug-likeness (QED) is 0.255. The molecule has 0 spiro atoms.